The molecule has 0 aromatic heterocycles. The zero-order valence-corrected chi connectivity index (χ0v) is 13.4. The summed E-state index contributed by atoms with van der Waals surface area (Å²) < 4.78 is 0. The minimum absolute atomic E-state index is 0.131. The molecule has 5 nitrogen and oxygen atoms in total. The highest BCUT2D eigenvalue weighted by Gasteiger charge is 2.26. The van der Waals surface area contributed by atoms with Crippen molar-refractivity contribution in [1.29, 1.82) is 0 Å². The van der Waals surface area contributed by atoms with Gasteiger partial charge in [0.05, 0.1) is 5.54 Å². The minimum atomic E-state index is -0.823. The zero-order valence-electron chi connectivity index (χ0n) is 13.4. The molecule has 0 radical (unpaired) electrons. The van der Waals surface area contributed by atoms with E-state index in [0.717, 1.165) is 30.6 Å². The first-order chi connectivity index (χ1) is 10.4. The van der Waals surface area contributed by atoms with Crippen LogP contribution in [-0.4, -0.2) is 23.9 Å². The standard InChI is InChI=1S/C17H25N3O2/c1-3-10-17(2,18)16(22)19-12-13-6-8-14(9-7-13)20-11-4-5-15(20)21/h6-9H,3-5,10-12,18H2,1-2H3,(H,19,22). The summed E-state index contributed by atoms with van der Waals surface area (Å²) >= 11 is 0. The lowest BCUT2D eigenvalue weighted by Gasteiger charge is -2.23. The van der Waals surface area contributed by atoms with Crippen LogP contribution in [0.2, 0.25) is 0 Å². The van der Waals surface area contributed by atoms with E-state index in [9.17, 15) is 9.59 Å². The Labute approximate surface area is 131 Å². The van der Waals surface area contributed by atoms with Gasteiger partial charge in [-0.1, -0.05) is 25.5 Å². The van der Waals surface area contributed by atoms with Crippen LogP contribution in [0.4, 0.5) is 5.69 Å². The van der Waals surface area contributed by atoms with Crippen LogP contribution in [0.1, 0.15) is 45.1 Å². The molecular formula is C17H25N3O2. The maximum Gasteiger partial charge on any atom is 0.240 e. The van der Waals surface area contributed by atoms with Gasteiger partial charge in [-0.25, -0.2) is 0 Å². The molecule has 120 valence electrons. The van der Waals surface area contributed by atoms with Crippen molar-refractivity contribution < 1.29 is 9.59 Å². The lowest BCUT2D eigenvalue weighted by molar-refractivity contribution is -0.126. The van der Waals surface area contributed by atoms with Gasteiger partial charge in [0.25, 0.3) is 0 Å². The van der Waals surface area contributed by atoms with Crippen LogP contribution in [0.3, 0.4) is 0 Å². The van der Waals surface area contributed by atoms with Gasteiger partial charge in [0, 0.05) is 25.2 Å². The summed E-state index contributed by atoms with van der Waals surface area (Å²) in [5.74, 6) is 0.0488. The van der Waals surface area contributed by atoms with Crippen molar-refractivity contribution in [2.45, 2.75) is 51.6 Å². The van der Waals surface area contributed by atoms with Crippen LogP contribution >= 0.6 is 0 Å². The van der Waals surface area contributed by atoms with E-state index in [0.29, 0.717) is 19.4 Å². The number of nitrogens with zero attached hydrogens (tertiary/aromatic N) is 1. The second-order valence-corrected chi connectivity index (χ2v) is 6.17. The molecule has 0 spiro atoms. The van der Waals surface area contributed by atoms with Crippen LogP contribution in [0, 0.1) is 0 Å². The average Bonchev–Trinajstić information content (AvgIpc) is 2.91. The minimum Gasteiger partial charge on any atom is -0.350 e. The van der Waals surface area contributed by atoms with Gasteiger partial charge in [0.1, 0.15) is 0 Å². The third-order valence-electron chi connectivity index (χ3n) is 4.06. The number of carbonyl (C=O) groups is 2. The number of anilines is 1. The number of benzene rings is 1. The summed E-state index contributed by atoms with van der Waals surface area (Å²) in [4.78, 5) is 25.6. The molecule has 1 aromatic rings. The number of nitrogens with two attached hydrogens (primary N) is 1. The Morgan fingerprint density at radius 1 is 1.36 bits per heavy atom. The van der Waals surface area contributed by atoms with Crippen molar-refractivity contribution in [3.05, 3.63) is 29.8 Å². The molecule has 3 N–H and O–H groups in total. The summed E-state index contributed by atoms with van der Waals surface area (Å²) in [5, 5.41) is 2.88. The number of carbonyl (C=O) groups excluding carboxylic acids is 2. The van der Waals surface area contributed by atoms with Crippen molar-refractivity contribution in [2.75, 3.05) is 11.4 Å². The van der Waals surface area contributed by atoms with Crippen molar-refractivity contribution >= 4 is 17.5 Å². The summed E-state index contributed by atoms with van der Waals surface area (Å²) in [6.07, 6.45) is 3.08. The molecule has 0 aliphatic carbocycles. The number of nitrogens with one attached hydrogen (secondary N) is 1. The Morgan fingerprint density at radius 2 is 2.05 bits per heavy atom. The van der Waals surface area contributed by atoms with Gasteiger partial charge in [0.2, 0.25) is 11.8 Å². The molecule has 5 heteroatoms. The summed E-state index contributed by atoms with van der Waals surface area (Å²) in [7, 11) is 0. The van der Waals surface area contributed by atoms with Crippen LogP contribution in [0.25, 0.3) is 0 Å². The Balaban J connectivity index is 1.92. The first-order valence-corrected chi connectivity index (χ1v) is 7.90. The Bertz CT molecular complexity index is 537. The summed E-state index contributed by atoms with van der Waals surface area (Å²) in [5.41, 5.74) is 7.10. The largest absolute Gasteiger partial charge is 0.350 e. The number of amides is 2. The lowest BCUT2D eigenvalue weighted by atomic mass is 9.96. The molecule has 0 saturated carbocycles. The predicted molar refractivity (Wildman–Crippen MR) is 87.4 cm³/mol. The fourth-order valence-electron chi connectivity index (χ4n) is 2.73. The third-order valence-corrected chi connectivity index (χ3v) is 4.06. The topological polar surface area (TPSA) is 75.4 Å². The molecule has 1 aliphatic heterocycles. The smallest absolute Gasteiger partial charge is 0.240 e. The van der Waals surface area contributed by atoms with Gasteiger partial charge < -0.3 is 16.0 Å². The van der Waals surface area contributed by atoms with Gasteiger partial charge in [-0.15, -0.1) is 0 Å². The van der Waals surface area contributed by atoms with Crippen LogP contribution in [0.15, 0.2) is 24.3 Å². The monoisotopic (exact) mass is 303 g/mol. The van der Waals surface area contributed by atoms with E-state index < -0.39 is 5.54 Å². The van der Waals surface area contributed by atoms with E-state index in [2.05, 4.69) is 5.32 Å². The highest BCUT2D eigenvalue weighted by atomic mass is 16.2. The van der Waals surface area contributed by atoms with Crippen molar-refractivity contribution in [3.8, 4) is 0 Å². The average molecular weight is 303 g/mol. The molecule has 2 rings (SSSR count). The van der Waals surface area contributed by atoms with Crippen molar-refractivity contribution in [3.63, 3.8) is 0 Å². The van der Waals surface area contributed by atoms with Gasteiger partial charge in [-0.3, -0.25) is 9.59 Å². The zero-order chi connectivity index (χ0) is 16.2. The maximum absolute atomic E-state index is 12.1. The maximum atomic E-state index is 12.1. The molecule has 1 aromatic carbocycles. The molecule has 0 bridgehead atoms. The molecule has 1 unspecified atom stereocenters. The molecule has 1 saturated heterocycles. The van der Waals surface area contributed by atoms with Crippen molar-refractivity contribution in [2.24, 2.45) is 5.73 Å². The fourth-order valence-corrected chi connectivity index (χ4v) is 2.73. The van der Waals surface area contributed by atoms with E-state index in [1.165, 1.54) is 0 Å². The van der Waals surface area contributed by atoms with Gasteiger partial charge in [-0.05, 0) is 37.5 Å². The number of hydrogen-bond donors (Lipinski definition) is 2. The van der Waals surface area contributed by atoms with E-state index >= 15 is 0 Å². The molecule has 1 fully saturated rings. The first kappa shape index (κ1) is 16.5. The molecule has 1 atom stereocenters. The van der Waals surface area contributed by atoms with Gasteiger partial charge in [0.15, 0.2) is 0 Å². The van der Waals surface area contributed by atoms with Gasteiger partial charge in [-0.2, -0.15) is 0 Å². The molecule has 2 amide bonds. The second kappa shape index (κ2) is 6.92. The summed E-state index contributed by atoms with van der Waals surface area (Å²) in [6, 6.07) is 7.74. The Kier molecular flexibility index (Phi) is 5.19. The normalized spacial score (nSPS) is 17.4. The lowest BCUT2D eigenvalue weighted by Crippen LogP contribution is -2.51. The quantitative estimate of drug-likeness (QED) is 0.843. The second-order valence-electron chi connectivity index (χ2n) is 6.17. The molecule has 1 aliphatic rings. The highest BCUT2D eigenvalue weighted by Crippen LogP contribution is 2.21. The third kappa shape index (κ3) is 3.85. The van der Waals surface area contributed by atoms with Crippen LogP contribution in [0.5, 0.6) is 0 Å². The van der Waals surface area contributed by atoms with E-state index in [4.69, 9.17) is 5.73 Å². The van der Waals surface area contributed by atoms with Crippen LogP contribution in [-0.2, 0) is 16.1 Å². The molecule has 1 heterocycles. The van der Waals surface area contributed by atoms with Crippen molar-refractivity contribution in [1.82, 2.24) is 5.32 Å². The fraction of sp³-hybridized carbons (Fsp3) is 0.529. The SMILES string of the molecule is CCCC(C)(N)C(=O)NCc1ccc(N2CCCC2=O)cc1. The van der Waals surface area contributed by atoms with E-state index in [-0.39, 0.29) is 11.8 Å². The van der Waals surface area contributed by atoms with E-state index in [1.807, 2.05) is 31.2 Å². The van der Waals surface area contributed by atoms with Crippen LogP contribution < -0.4 is 16.0 Å². The van der Waals surface area contributed by atoms with E-state index in [1.54, 1.807) is 11.8 Å². The predicted octanol–water partition coefficient (Wildman–Crippen LogP) is 1.95. The van der Waals surface area contributed by atoms with Gasteiger partial charge >= 0.3 is 0 Å². The summed E-state index contributed by atoms with van der Waals surface area (Å²) in [6.45, 7) is 5.01. The molecular weight excluding hydrogens is 278 g/mol. The Morgan fingerprint density at radius 3 is 2.59 bits per heavy atom. The number of rotatable bonds is 6. The number of hydrogen-bond acceptors (Lipinski definition) is 3. The highest BCUT2D eigenvalue weighted by molar-refractivity contribution is 5.95. The first-order valence-electron chi connectivity index (χ1n) is 7.90. The Hall–Kier alpha value is -1.88. The molecule has 22 heavy (non-hydrogen) atoms.